The molecule has 0 radical (unpaired) electrons. The van der Waals surface area contributed by atoms with E-state index in [1.165, 1.54) is 5.56 Å². The van der Waals surface area contributed by atoms with Crippen molar-refractivity contribution in [2.24, 2.45) is 5.73 Å². The van der Waals surface area contributed by atoms with Gasteiger partial charge in [0.2, 0.25) is 0 Å². The smallest absolute Gasteiger partial charge is 0.139 e. The summed E-state index contributed by atoms with van der Waals surface area (Å²) < 4.78 is 0. The van der Waals surface area contributed by atoms with Crippen LogP contribution in [0, 0.1) is 13.8 Å². The number of ketones is 1. The predicted octanol–water partition coefficient (Wildman–Crippen LogP) is 3.51. The molecule has 2 N–H and O–H groups in total. The molecular weight excluding hydrogens is 246 g/mol. The Balaban J connectivity index is 2.01. The Kier molecular flexibility index (Phi) is 4.70. The number of benzene rings is 2. The molecular formula is C18H21NO. The minimum Gasteiger partial charge on any atom is -0.324 e. The summed E-state index contributed by atoms with van der Waals surface area (Å²) in [6, 6.07) is 15.8. The van der Waals surface area contributed by atoms with E-state index in [2.05, 4.69) is 18.2 Å². The van der Waals surface area contributed by atoms with Crippen LogP contribution in [0.3, 0.4) is 0 Å². The van der Waals surface area contributed by atoms with Gasteiger partial charge in [0.15, 0.2) is 0 Å². The fourth-order valence-corrected chi connectivity index (χ4v) is 2.34. The number of rotatable bonds is 5. The van der Waals surface area contributed by atoms with E-state index in [1.807, 2.05) is 44.2 Å². The second kappa shape index (κ2) is 6.49. The number of hydrogen-bond acceptors (Lipinski definition) is 2. The molecule has 104 valence electrons. The third-order valence-corrected chi connectivity index (χ3v) is 3.57. The van der Waals surface area contributed by atoms with E-state index in [0.717, 1.165) is 16.7 Å². The van der Waals surface area contributed by atoms with E-state index < -0.39 is 0 Å². The van der Waals surface area contributed by atoms with Gasteiger partial charge in [-0.3, -0.25) is 4.79 Å². The summed E-state index contributed by atoms with van der Waals surface area (Å²) in [7, 11) is 0. The normalized spacial score (nSPS) is 12.2. The first-order chi connectivity index (χ1) is 9.56. The molecule has 0 aliphatic heterocycles. The van der Waals surface area contributed by atoms with Crippen LogP contribution in [0.4, 0.5) is 0 Å². The van der Waals surface area contributed by atoms with Gasteiger partial charge in [-0.15, -0.1) is 0 Å². The Labute approximate surface area is 120 Å². The molecule has 0 aliphatic carbocycles. The molecule has 2 rings (SSSR count). The van der Waals surface area contributed by atoms with Crippen molar-refractivity contribution < 1.29 is 4.79 Å². The van der Waals surface area contributed by atoms with Crippen LogP contribution in [0.5, 0.6) is 0 Å². The van der Waals surface area contributed by atoms with E-state index in [4.69, 9.17) is 5.73 Å². The quantitative estimate of drug-likeness (QED) is 0.901. The summed E-state index contributed by atoms with van der Waals surface area (Å²) in [5.74, 6) is 0.190. The van der Waals surface area contributed by atoms with Crippen LogP contribution in [0.25, 0.3) is 0 Å². The highest BCUT2D eigenvalue weighted by Crippen LogP contribution is 2.17. The number of Topliss-reactive ketones (excluding diaryl/α,β-unsaturated/α-hetero) is 1. The molecule has 0 spiro atoms. The molecule has 1 unspecified atom stereocenters. The van der Waals surface area contributed by atoms with Crippen LogP contribution in [0.1, 0.15) is 34.7 Å². The topological polar surface area (TPSA) is 43.1 Å². The van der Waals surface area contributed by atoms with Crippen molar-refractivity contribution in [3.63, 3.8) is 0 Å². The van der Waals surface area contributed by atoms with Gasteiger partial charge >= 0.3 is 0 Å². The highest BCUT2D eigenvalue weighted by molar-refractivity contribution is 5.82. The SMILES string of the molecule is Cc1ccc(C)c(CC(=O)CC(N)c2ccccc2)c1. The van der Waals surface area contributed by atoms with Crippen LogP contribution in [0.2, 0.25) is 0 Å². The lowest BCUT2D eigenvalue weighted by Crippen LogP contribution is -2.17. The Morgan fingerprint density at radius 1 is 1.10 bits per heavy atom. The summed E-state index contributed by atoms with van der Waals surface area (Å²) in [5.41, 5.74) is 10.6. The van der Waals surface area contributed by atoms with Crippen molar-refractivity contribution in [1.29, 1.82) is 0 Å². The summed E-state index contributed by atoms with van der Waals surface area (Å²) in [4.78, 5) is 12.2. The zero-order valence-electron chi connectivity index (χ0n) is 12.1. The fraction of sp³-hybridized carbons (Fsp3) is 0.278. The largest absolute Gasteiger partial charge is 0.324 e. The standard InChI is InChI=1S/C18H21NO/c1-13-8-9-14(2)16(10-13)11-17(20)12-18(19)15-6-4-3-5-7-15/h3-10,18H,11-12,19H2,1-2H3. The van der Waals surface area contributed by atoms with Gasteiger partial charge in [0.1, 0.15) is 5.78 Å². The monoisotopic (exact) mass is 267 g/mol. The van der Waals surface area contributed by atoms with Gasteiger partial charge in [0.05, 0.1) is 0 Å². The number of hydrogen-bond donors (Lipinski definition) is 1. The van der Waals surface area contributed by atoms with Crippen LogP contribution in [0.15, 0.2) is 48.5 Å². The van der Waals surface area contributed by atoms with Crippen LogP contribution >= 0.6 is 0 Å². The summed E-state index contributed by atoms with van der Waals surface area (Å²) >= 11 is 0. The molecule has 0 fully saturated rings. The number of carbonyl (C=O) groups is 1. The van der Waals surface area contributed by atoms with E-state index in [9.17, 15) is 4.79 Å². The van der Waals surface area contributed by atoms with E-state index in [0.29, 0.717) is 12.8 Å². The molecule has 0 saturated carbocycles. The van der Waals surface area contributed by atoms with Gasteiger partial charge in [-0.25, -0.2) is 0 Å². The van der Waals surface area contributed by atoms with Crippen molar-refractivity contribution in [3.8, 4) is 0 Å². The van der Waals surface area contributed by atoms with Crippen LogP contribution < -0.4 is 5.73 Å². The molecule has 0 heterocycles. The maximum absolute atomic E-state index is 12.2. The van der Waals surface area contributed by atoms with E-state index in [-0.39, 0.29) is 11.8 Å². The predicted molar refractivity (Wildman–Crippen MR) is 82.6 cm³/mol. The molecule has 2 nitrogen and oxygen atoms in total. The fourth-order valence-electron chi connectivity index (χ4n) is 2.34. The lowest BCUT2D eigenvalue weighted by Gasteiger charge is -2.12. The zero-order chi connectivity index (χ0) is 14.5. The van der Waals surface area contributed by atoms with Crippen molar-refractivity contribution in [1.82, 2.24) is 0 Å². The number of aryl methyl sites for hydroxylation is 2. The first kappa shape index (κ1) is 14.5. The van der Waals surface area contributed by atoms with Crippen molar-refractivity contribution in [3.05, 3.63) is 70.8 Å². The van der Waals surface area contributed by atoms with Gasteiger partial charge in [0.25, 0.3) is 0 Å². The molecule has 0 saturated heterocycles. The van der Waals surface area contributed by atoms with E-state index >= 15 is 0 Å². The minimum atomic E-state index is -0.214. The Bertz CT molecular complexity index is 590. The second-order valence-corrected chi connectivity index (χ2v) is 5.37. The van der Waals surface area contributed by atoms with Gasteiger partial charge < -0.3 is 5.73 Å². The van der Waals surface area contributed by atoms with Crippen molar-refractivity contribution in [2.75, 3.05) is 0 Å². The second-order valence-electron chi connectivity index (χ2n) is 5.37. The maximum atomic E-state index is 12.2. The van der Waals surface area contributed by atoms with Gasteiger partial charge in [0, 0.05) is 18.9 Å². The average Bonchev–Trinajstić information content (AvgIpc) is 2.43. The minimum absolute atomic E-state index is 0.190. The first-order valence-corrected chi connectivity index (χ1v) is 6.94. The first-order valence-electron chi connectivity index (χ1n) is 6.94. The van der Waals surface area contributed by atoms with Crippen molar-refractivity contribution >= 4 is 5.78 Å². The van der Waals surface area contributed by atoms with Crippen LogP contribution in [-0.2, 0) is 11.2 Å². The Hall–Kier alpha value is -1.93. The maximum Gasteiger partial charge on any atom is 0.139 e. The molecule has 0 aliphatic rings. The molecule has 0 bridgehead atoms. The third kappa shape index (κ3) is 3.78. The average molecular weight is 267 g/mol. The lowest BCUT2D eigenvalue weighted by atomic mass is 9.96. The highest BCUT2D eigenvalue weighted by Gasteiger charge is 2.13. The summed E-state index contributed by atoms with van der Waals surface area (Å²) in [6.07, 6.45) is 0.853. The van der Waals surface area contributed by atoms with Crippen molar-refractivity contribution in [2.45, 2.75) is 32.7 Å². The Morgan fingerprint density at radius 2 is 1.80 bits per heavy atom. The third-order valence-electron chi connectivity index (χ3n) is 3.57. The number of carbonyl (C=O) groups excluding carboxylic acids is 1. The van der Waals surface area contributed by atoms with Gasteiger partial charge in [-0.2, -0.15) is 0 Å². The molecule has 2 aromatic rings. The molecule has 2 heteroatoms. The molecule has 0 amide bonds. The summed E-state index contributed by atoms with van der Waals surface area (Å²) in [5, 5.41) is 0. The number of nitrogens with two attached hydrogens (primary N) is 1. The molecule has 20 heavy (non-hydrogen) atoms. The lowest BCUT2D eigenvalue weighted by molar-refractivity contribution is -0.118. The molecule has 2 aromatic carbocycles. The molecule has 0 aromatic heterocycles. The van der Waals surface area contributed by atoms with Gasteiger partial charge in [-0.05, 0) is 30.5 Å². The zero-order valence-corrected chi connectivity index (χ0v) is 12.1. The summed E-state index contributed by atoms with van der Waals surface area (Å²) in [6.45, 7) is 4.09. The van der Waals surface area contributed by atoms with Crippen LogP contribution in [-0.4, -0.2) is 5.78 Å². The highest BCUT2D eigenvalue weighted by atomic mass is 16.1. The Morgan fingerprint density at radius 3 is 2.50 bits per heavy atom. The van der Waals surface area contributed by atoms with E-state index in [1.54, 1.807) is 0 Å². The van der Waals surface area contributed by atoms with Gasteiger partial charge in [-0.1, -0.05) is 54.1 Å². The molecule has 1 atom stereocenters.